The van der Waals surface area contributed by atoms with Crippen molar-refractivity contribution >= 4 is 29.4 Å². The first kappa shape index (κ1) is 27.4. The molecule has 3 aromatic rings. The predicted molar refractivity (Wildman–Crippen MR) is 148 cm³/mol. The Balaban J connectivity index is 1.62. The Kier molecular flexibility index (Phi) is 9.19. The molecule has 0 fully saturated rings. The summed E-state index contributed by atoms with van der Waals surface area (Å²) in [5, 5.41) is 12.1. The van der Waals surface area contributed by atoms with Gasteiger partial charge in [-0.1, -0.05) is 73.5 Å². The van der Waals surface area contributed by atoms with E-state index in [4.69, 9.17) is 16.7 Å². The van der Waals surface area contributed by atoms with Crippen LogP contribution in [-0.4, -0.2) is 40.9 Å². The van der Waals surface area contributed by atoms with Crippen LogP contribution < -0.4 is 5.32 Å². The number of fused-ring (bicyclic) bond motifs is 1. The summed E-state index contributed by atoms with van der Waals surface area (Å²) in [6.07, 6.45) is 2.39. The SMILES string of the molecule is CCCC(c1ccc(C(=O)NCCC(=O)O)cc1)C(C(=O)N1CCc2ccccc2C1)c1ccc(Cl)cc1. The van der Waals surface area contributed by atoms with Gasteiger partial charge in [0.05, 0.1) is 12.3 Å². The number of amides is 2. The van der Waals surface area contributed by atoms with Crippen LogP contribution in [0.4, 0.5) is 0 Å². The summed E-state index contributed by atoms with van der Waals surface area (Å²) in [6.45, 7) is 3.44. The zero-order chi connectivity index (χ0) is 27.1. The molecule has 0 aliphatic carbocycles. The lowest BCUT2D eigenvalue weighted by atomic mass is 9.77. The molecule has 0 saturated heterocycles. The lowest BCUT2D eigenvalue weighted by Crippen LogP contribution is -2.40. The van der Waals surface area contributed by atoms with Crippen LogP contribution >= 0.6 is 11.6 Å². The Morgan fingerprint density at radius 2 is 1.61 bits per heavy atom. The van der Waals surface area contributed by atoms with E-state index < -0.39 is 11.9 Å². The van der Waals surface area contributed by atoms with Gasteiger partial charge in [-0.25, -0.2) is 0 Å². The van der Waals surface area contributed by atoms with Crippen LogP contribution in [0.2, 0.25) is 5.02 Å². The third-order valence-electron chi connectivity index (χ3n) is 7.16. The van der Waals surface area contributed by atoms with Gasteiger partial charge in [0.1, 0.15) is 0 Å². The zero-order valence-electron chi connectivity index (χ0n) is 21.5. The number of nitrogens with zero attached hydrogens (tertiary/aromatic N) is 1. The number of aliphatic carboxylic acids is 1. The van der Waals surface area contributed by atoms with Crippen LogP contribution in [0.25, 0.3) is 0 Å². The number of benzene rings is 3. The third kappa shape index (κ3) is 6.62. The van der Waals surface area contributed by atoms with E-state index in [1.54, 1.807) is 12.1 Å². The second-order valence-electron chi connectivity index (χ2n) is 9.72. The standard InChI is InChI=1S/C31H33ClN2O4/c1-2-5-27(22-8-10-24(11-9-22)30(37)33-18-16-28(35)36)29(23-12-14-26(32)15-13-23)31(38)34-19-17-21-6-3-4-7-25(21)20-34/h3-4,6-15,27,29H,2,5,16-20H2,1H3,(H,33,37)(H,35,36). The number of hydrogen-bond donors (Lipinski definition) is 2. The minimum Gasteiger partial charge on any atom is -0.481 e. The van der Waals surface area contributed by atoms with Gasteiger partial charge in [0.2, 0.25) is 5.91 Å². The molecule has 38 heavy (non-hydrogen) atoms. The van der Waals surface area contributed by atoms with Gasteiger partial charge >= 0.3 is 5.97 Å². The van der Waals surface area contributed by atoms with Gasteiger partial charge in [0.15, 0.2) is 0 Å². The molecule has 1 aliphatic heterocycles. The quantitative estimate of drug-likeness (QED) is 0.345. The highest BCUT2D eigenvalue weighted by molar-refractivity contribution is 6.30. The average molecular weight is 533 g/mol. The van der Waals surface area contributed by atoms with Crippen molar-refractivity contribution in [3.63, 3.8) is 0 Å². The predicted octanol–water partition coefficient (Wildman–Crippen LogP) is 5.80. The molecule has 6 nitrogen and oxygen atoms in total. The second kappa shape index (κ2) is 12.7. The maximum Gasteiger partial charge on any atom is 0.305 e. The third-order valence-corrected chi connectivity index (χ3v) is 7.42. The molecular formula is C31H33ClN2O4. The monoisotopic (exact) mass is 532 g/mol. The van der Waals surface area contributed by atoms with E-state index in [1.165, 1.54) is 11.1 Å². The van der Waals surface area contributed by atoms with Crippen LogP contribution in [0.15, 0.2) is 72.8 Å². The molecule has 0 spiro atoms. The molecule has 2 unspecified atom stereocenters. The van der Waals surface area contributed by atoms with E-state index in [0.29, 0.717) is 23.7 Å². The van der Waals surface area contributed by atoms with Crippen LogP contribution in [0.5, 0.6) is 0 Å². The van der Waals surface area contributed by atoms with Crippen molar-refractivity contribution in [2.24, 2.45) is 0 Å². The highest BCUT2D eigenvalue weighted by Gasteiger charge is 2.35. The number of carboxylic acids is 1. The van der Waals surface area contributed by atoms with E-state index in [1.807, 2.05) is 53.4 Å². The Labute approximate surface area is 228 Å². The smallest absolute Gasteiger partial charge is 0.305 e. The molecule has 0 saturated carbocycles. The molecule has 1 aliphatic rings. The van der Waals surface area contributed by atoms with Crippen molar-refractivity contribution in [2.75, 3.05) is 13.1 Å². The molecule has 198 valence electrons. The molecule has 2 N–H and O–H groups in total. The molecule has 0 radical (unpaired) electrons. The Morgan fingerprint density at radius 3 is 2.26 bits per heavy atom. The van der Waals surface area contributed by atoms with E-state index in [-0.39, 0.29) is 30.7 Å². The summed E-state index contributed by atoms with van der Waals surface area (Å²) < 4.78 is 0. The molecule has 3 aromatic carbocycles. The lowest BCUT2D eigenvalue weighted by molar-refractivity contribution is -0.137. The summed E-state index contributed by atoms with van der Waals surface area (Å²) in [5.74, 6) is -1.67. The van der Waals surface area contributed by atoms with E-state index in [9.17, 15) is 14.4 Å². The molecule has 2 amide bonds. The van der Waals surface area contributed by atoms with E-state index in [2.05, 4.69) is 24.4 Å². The maximum absolute atomic E-state index is 14.2. The molecular weight excluding hydrogens is 500 g/mol. The summed E-state index contributed by atoms with van der Waals surface area (Å²) in [4.78, 5) is 39.4. The summed E-state index contributed by atoms with van der Waals surface area (Å²) in [7, 11) is 0. The fourth-order valence-corrected chi connectivity index (χ4v) is 5.33. The van der Waals surface area contributed by atoms with Crippen molar-refractivity contribution in [1.29, 1.82) is 0 Å². The lowest BCUT2D eigenvalue weighted by Gasteiger charge is -2.35. The van der Waals surface area contributed by atoms with E-state index >= 15 is 0 Å². The van der Waals surface area contributed by atoms with Crippen LogP contribution in [-0.2, 0) is 22.6 Å². The van der Waals surface area contributed by atoms with Crippen LogP contribution in [0.3, 0.4) is 0 Å². The summed E-state index contributed by atoms with van der Waals surface area (Å²) in [6, 6.07) is 23.1. The number of carbonyl (C=O) groups is 3. The van der Waals surface area contributed by atoms with Crippen molar-refractivity contribution in [2.45, 2.75) is 51.0 Å². The second-order valence-corrected chi connectivity index (χ2v) is 10.2. The molecule has 2 atom stereocenters. The molecule has 4 rings (SSSR count). The Morgan fingerprint density at radius 1 is 0.947 bits per heavy atom. The number of carboxylic acid groups (broad SMARTS) is 1. The van der Waals surface area contributed by atoms with Gasteiger partial charge < -0.3 is 15.3 Å². The zero-order valence-corrected chi connectivity index (χ0v) is 22.3. The van der Waals surface area contributed by atoms with Gasteiger partial charge in [0.25, 0.3) is 5.91 Å². The Bertz CT molecular complexity index is 1270. The van der Waals surface area contributed by atoms with Gasteiger partial charge in [-0.2, -0.15) is 0 Å². The van der Waals surface area contributed by atoms with Crippen molar-refractivity contribution in [1.82, 2.24) is 10.2 Å². The minimum atomic E-state index is -0.960. The van der Waals surface area contributed by atoms with Crippen molar-refractivity contribution < 1.29 is 19.5 Å². The summed E-state index contributed by atoms with van der Waals surface area (Å²) in [5.41, 5.74) is 4.84. The van der Waals surface area contributed by atoms with Crippen molar-refractivity contribution in [3.8, 4) is 0 Å². The minimum absolute atomic E-state index is 0.0699. The average Bonchev–Trinajstić information content (AvgIpc) is 2.93. The molecule has 0 aromatic heterocycles. The van der Waals surface area contributed by atoms with Gasteiger partial charge in [-0.3, -0.25) is 14.4 Å². The van der Waals surface area contributed by atoms with Crippen LogP contribution in [0.1, 0.15) is 70.6 Å². The largest absolute Gasteiger partial charge is 0.481 e. The first-order chi connectivity index (χ1) is 18.4. The molecule has 1 heterocycles. The number of rotatable bonds is 10. The maximum atomic E-state index is 14.2. The first-order valence-corrected chi connectivity index (χ1v) is 13.5. The van der Waals surface area contributed by atoms with Gasteiger partial charge in [-0.15, -0.1) is 0 Å². The Hall–Kier alpha value is -3.64. The molecule has 0 bridgehead atoms. The van der Waals surface area contributed by atoms with Crippen molar-refractivity contribution in [3.05, 3.63) is 106 Å². The fourth-order valence-electron chi connectivity index (χ4n) is 5.20. The van der Waals surface area contributed by atoms with Gasteiger partial charge in [0, 0.05) is 30.2 Å². The first-order valence-electron chi connectivity index (χ1n) is 13.1. The number of halogens is 1. The normalized spacial score (nSPS) is 14.3. The number of hydrogen-bond acceptors (Lipinski definition) is 3. The highest BCUT2D eigenvalue weighted by Crippen LogP contribution is 2.39. The topological polar surface area (TPSA) is 86.7 Å². The fraction of sp³-hybridized carbons (Fsp3) is 0.323. The highest BCUT2D eigenvalue weighted by atomic mass is 35.5. The molecule has 7 heteroatoms. The number of nitrogens with one attached hydrogen (secondary N) is 1. The van der Waals surface area contributed by atoms with Gasteiger partial charge in [-0.05, 0) is 65.3 Å². The van der Waals surface area contributed by atoms with Crippen LogP contribution in [0, 0.1) is 0 Å². The number of carbonyl (C=O) groups excluding carboxylic acids is 2. The summed E-state index contributed by atoms with van der Waals surface area (Å²) >= 11 is 6.19. The van der Waals surface area contributed by atoms with E-state index in [0.717, 1.165) is 30.4 Å².